The first-order valence-electron chi connectivity index (χ1n) is 8.80. The molecule has 1 aromatic carbocycles. The first-order chi connectivity index (χ1) is 12.4. The van der Waals surface area contributed by atoms with Crippen LogP contribution in [0.2, 0.25) is 0 Å². The van der Waals surface area contributed by atoms with E-state index in [0.29, 0.717) is 19.1 Å². The largest absolute Gasteiger partial charge is 0.391 e. The average Bonchev–Trinajstić information content (AvgIpc) is 2.62. The summed E-state index contributed by atoms with van der Waals surface area (Å²) in [5, 5.41) is 11.1. The number of aliphatic hydroxyl groups is 1. The predicted molar refractivity (Wildman–Crippen MR) is 98.9 cm³/mol. The Balaban J connectivity index is 2.94. The summed E-state index contributed by atoms with van der Waals surface area (Å²) < 4.78 is 0. The maximum Gasteiger partial charge on any atom is 0.140 e. The number of carbonyl (C=O) groups excluding carboxylic acids is 3. The molecule has 144 valence electrons. The molecule has 0 amide bonds. The lowest BCUT2D eigenvalue weighted by Gasteiger charge is -2.34. The fourth-order valence-corrected chi connectivity index (χ4v) is 2.52. The Bertz CT molecular complexity index is 551. The lowest BCUT2D eigenvalue weighted by molar-refractivity contribution is -0.124. The number of aliphatic hydroxyl groups excluding tert-OH is 1. The first-order valence-corrected chi connectivity index (χ1v) is 8.80. The molecule has 0 aliphatic heterocycles. The van der Waals surface area contributed by atoms with Gasteiger partial charge in [-0.1, -0.05) is 44.2 Å². The third-order valence-corrected chi connectivity index (χ3v) is 3.92. The monoisotopic (exact) mass is 363 g/mol. The third-order valence-electron chi connectivity index (χ3n) is 3.92. The number of hydrogen-bond donors (Lipinski definition) is 3. The Kier molecular flexibility index (Phi) is 9.90. The lowest BCUT2D eigenvalue weighted by atomic mass is 10.0. The molecule has 0 bridgehead atoms. The highest BCUT2D eigenvalue weighted by Crippen LogP contribution is 2.09. The Hall–Kier alpha value is -1.93. The number of hydrogen-bond acceptors (Lipinski definition) is 7. The minimum atomic E-state index is -0.952. The standard InChI is InChI=1S/C19H29N3O4/c1-14(2)9-18(12-24)22(21-19(13-25)15(3)26)20-17(11-23)10-16-7-5-4-6-8-16/h4-8,11-15,17-21,26H,9-10H2,1-3H3/t15-,17+,18+,19-/m1/s1. The van der Waals surface area contributed by atoms with Crippen molar-refractivity contribution in [3.05, 3.63) is 35.9 Å². The van der Waals surface area contributed by atoms with Crippen molar-refractivity contribution in [2.75, 3.05) is 0 Å². The van der Waals surface area contributed by atoms with Gasteiger partial charge in [0.15, 0.2) is 0 Å². The van der Waals surface area contributed by atoms with Gasteiger partial charge in [0.25, 0.3) is 0 Å². The summed E-state index contributed by atoms with van der Waals surface area (Å²) in [6.07, 6.45) is 2.09. The molecular formula is C19H29N3O4. The molecule has 3 N–H and O–H groups in total. The summed E-state index contributed by atoms with van der Waals surface area (Å²) in [5.74, 6) is 0.223. The maximum absolute atomic E-state index is 11.6. The number of nitrogens with one attached hydrogen (secondary N) is 2. The number of nitrogens with zero attached hydrogens (tertiary/aromatic N) is 1. The van der Waals surface area contributed by atoms with Crippen molar-refractivity contribution in [1.82, 2.24) is 16.0 Å². The minimum Gasteiger partial charge on any atom is -0.391 e. The van der Waals surface area contributed by atoms with Crippen molar-refractivity contribution in [2.45, 2.75) is 57.8 Å². The van der Waals surface area contributed by atoms with Crippen LogP contribution in [0.5, 0.6) is 0 Å². The molecule has 0 aliphatic carbocycles. The lowest BCUT2D eigenvalue weighted by Crippen LogP contribution is -2.63. The van der Waals surface area contributed by atoms with Crippen LogP contribution in [0.4, 0.5) is 0 Å². The third kappa shape index (κ3) is 7.53. The van der Waals surface area contributed by atoms with Crippen LogP contribution in [-0.2, 0) is 20.8 Å². The summed E-state index contributed by atoms with van der Waals surface area (Å²) in [4.78, 5) is 34.4. The van der Waals surface area contributed by atoms with Crippen molar-refractivity contribution in [3.63, 3.8) is 0 Å². The van der Waals surface area contributed by atoms with Crippen molar-refractivity contribution < 1.29 is 19.5 Å². The molecule has 7 heteroatoms. The second-order valence-corrected chi connectivity index (χ2v) is 6.80. The number of hydrazine groups is 2. The van der Waals surface area contributed by atoms with Crippen LogP contribution in [0.3, 0.4) is 0 Å². The Morgan fingerprint density at radius 2 is 1.65 bits per heavy atom. The quantitative estimate of drug-likeness (QED) is 0.350. The van der Waals surface area contributed by atoms with E-state index in [4.69, 9.17) is 0 Å². The van der Waals surface area contributed by atoms with Gasteiger partial charge in [0.05, 0.1) is 18.2 Å². The van der Waals surface area contributed by atoms with Crippen LogP contribution in [-0.4, -0.2) is 53.3 Å². The summed E-state index contributed by atoms with van der Waals surface area (Å²) in [7, 11) is 0. The SMILES string of the molecule is CC(C)C[C@@H](C=O)N(N[C@H](C=O)Cc1ccccc1)N[C@H](C=O)[C@@H](C)O. The van der Waals surface area contributed by atoms with Gasteiger partial charge in [-0.15, -0.1) is 0 Å². The van der Waals surface area contributed by atoms with E-state index < -0.39 is 24.2 Å². The van der Waals surface area contributed by atoms with E-state index in [0.717, 1.165) is 18.1 Å². The molecule has 0 saturated carbocycles. The highest BCUT2D eigenvalue weighted by atomic mass is 16.3. The Morgan fingerprint density at radius 1 is 1.00 bits per heavy atom. The zero-order valence-electron chi connectivity index (χ0n) is 15.5. The van der Waals surface area contributed by atoms with Gasteiger partial charge in [-0.2, -0.15) is 5.12 Å². The van der Waals surface area contributed by atoms with E-state index >= 15 is 0 Å². The van der Waals surface area contributed by atoms with E-state index in [1.165, 1.54) is 12.0 Å². The molecule has 0 saturated heterocycles. The van der Waals surface area contributed by atoms with Gasteiger partial charge in [-0.05, 0) is 31.2 Å². The molecule has 1 aromatic rings. The predicted octanol–water partition coefficient (Wildman–Crippen LogP) is 0.670. The molecule has 26 heavy (non-hydrogen) atoms. The van der Waals surface area contributed by atoms with Crippen LogP contribution in [0.15, 0.2) is 30.3 Å². The van der Waals surface area contributed by atoms with E-state index in [2.05, 4.69) is 10.9 Å². The van der Waals surface area contributed by atoms with Gasteiger partial charge in [0.1, 0.15) is 24.9 Å². The van der Waals surface area contributed by atoms with Crippen molar-refractivity contribution in [2.24, 2.45) is 5.92 Å². The molecule has 0 spiro atoms. The van der Waals surface area contributed by atoms with Gasteiger partial charge >= 0.3 is 0 Å². The molecule has 0 radical (unpaired) electrons. The van der Waals surface area contributed by atoms with Gasteiger partial charge in [-0.25, -0.2) is 10.9 Å². The summed E-state index contributed by atoms with van der Waals surface area (Å²) in [5.41, 5.74) is 6.77. The van der Waals surface area contributed by atoms with Crippen LogP contribution in [0, 0.1) is 5.92 Å². The molecule has 0 aliphatic rings. The first kappa shape index (κ1) is 22.1. The van der Waals surface area contributed by atoms with Gasteiger partial charge in [0, 0.05) is 0 Å². The molecule has 7 nitrogen and oxygen atoms in total. The maximum atomic E-state index is 11.6. The van der Waals surface area contributed by atoms with Crippen molar-refractivity contribution in [3.8, 4) is 0 Å². The second-order valence-electron chi connectivity index (χ2n) is 6.80. The van der Waals surface area contributed by atoms with Crippen LogP contribution < -0.4 is 10.9 Å². The molecule has 0 fully saturated rings. The van der Waals surface area contributed by atoms with E-state index in [1.54, 1.807) is 0 Å². The fourth-order valence-electron chi connectivity index (χ4n) is 2.52. The summed E-state index contributed by atoms with van der Waals surface area (Å²) in [6.45, 7) is 5.42. The molecule has 0 aromatic heterocycles. The Morgan fingerprint density at radius 3 is 2.12 bits per heavy atom. The molecule has 0 unspecified atom stereocenters. The summed E-state index contributed by atoms with van der Waals surface area (Å²) in [6, 6.07) is 7.38. The van der Waals surface area contributed by atoms with Crippen LogP contribution in [0.25, 0.3) is 0 Å². The number of rotatable bonds is 13. The normalized spacial score (nSPS) is 16.1. The van der Waals surface area contributed by atoms with E-state index in [-0.39, 0.29) is 5.92 Å². The smallest absolute Gasteiger partial charge is 0.140 e. The minimum absolute atomic E-state index is 0.223. The zero-order valence-corrected chi connectivity index (χ0v) is 15.5. The average molecular weight is 363 g/mol. The topological polar surface area (TPSA) is 98.7 Å². The highest BCUT2D eigenvalue weighted by molar-refractivity contribution is 5.61. The van der Waals surface area contributed by atoms with E-state index in [9.17, 15) is 19.5 Å². The molecule has 1 rings (SSSR count). The number of aldehydes is 3. The number of benzene rings is 1. The second kappa shape index (κ2) is 11.6. The highest BCUT2D eigenvalue weighted by Gasteiger charge is 2.26. The van der Waals surface area contributed by atoms with Crippen molar-refractivity contribution in [1.29, 1.82) is 0 Å². The zero-order chi connectivity index (χ0) is 19.5. The molecule has 0 heterocycles. The molecular weight excluding hydrogens is 334 g/mol. The molecule has 4 atom stereocenters. The number of carbonyl (C=O) groups is 3. The van der Waals surface area contributed by atoms with Crippen molar-refractivity contribution >= 4 is 18.9 Å². The Labute approximate surface area is 154 Å². The van der Waals surface area contributed by atoms with Crippen LogP contribution in [0.1, 0.15) is 32.8 Å². The van der Waals surface area contributed by atoms with E-state index in [1.807, 2.05) is 44.2 Å². The van der Waals surface area contributed by atoms with Gasteiger partial charge < -0.3 is 19.5 Å². The van der Waals surface area contributed by atoms with Crippen LogP contribution >= 0.6 is 0 Å². The summed E-state index contributed by atoms with van der Waals surface area (Å²) >= 11 is 0. The van der Waals surface area contributed by atoms with Gasteiger partial charge in [0.2, 0.25) is 0 Å². The van der Waals surface area contributed by atoms with Gasteiger partial charge in [-0.3, -0.25) is 0 Å². The fraction of sp³-hybridized carbons (Fsp3) is 0.526.